The number of para-hydroxylation sites is 1. The number of hydrogen-bond donors (Lipinski definition) is 2. The topological polar surface area (TPSA) is 55.9 Å². The molecule has 0 fully saturated rings. The Labute approximate surface area is 99.4 Å². The molecule has 5 heteroatoms. The zero-order valence-electron chi connectivity index (χ0n) is 9.37. The van der Waals surface area contributed by atoms with E-state index >= 15 is 0 Å². The standard InChI is InChI=1S/C11H15ClN4/c1-7(13)6-14-11-8-4-3-5-9(12)10(8)16(2)15-11/h3-5,7H,6,13H2,1-2H3,(H,14,15). The van der Waals surface area contributed by atoms with Gasteiger partial charge in [-0.3, -0.25) is 4.68 Å². The molecule has 4 nitrogen and oxygen atoms in total. The molecular weight excluding hydrogens is 224 g/mol. The summed E-state index contributed by atoms with van der Waals surface area (Å²) in [6.07, 6.45) is 0. The largest absolute Gasteiger partial charge is 0.367 e. The molecule has 1 heterocycles. The van der Waals surface area contributed by atoms with Crippen LogP contribution in [-0.2, 0) is 7.05 Å². The van der Waals surface area contributed by atoms with Crippen LogP contribution in [0, 0.1) is 0 Å². The maximum Gasteiger partial charge on any atom is 0.156 e. The van der Waals surface area contributed by atoms with E-state index in [-0.39, 0.29) is 6.04 Å². The predicted octanol–water partition coefficient (Wildman–Crippen LogP) is 1.99. The van der Waals surface area contributed by atoms with Crippen molar-refractivity contribution in [2.75, 3.05) is 11.9 Å². The second kappa shape index (κ2) is 4.31. The first kappa shape index (κ1) is 11.2. The fraction of sp³-hybridized carbons (Fsp3) is 0.364. The molecule has 0 saturated carbocycles. The Kier molecular flexibility index (Phi) is 3.03. The molecule has 0 amide bonds. The lowest BCUT2D eigenvalue weighted by molar-refractivity contribution is 0.761. The molecule has 0 aliphatic carbocycles. The lowest BCUT2D eigenvalue weighted by Crippen LogP contribution is -2.25. The predicted molar refractivity (Wildman–Crippen MR) is 67.9 cm³/mol. The molecule has 0 radical (unpaired) electrons. The lowest BCUT2D eigenvalue weighted by atomic mass is 10.2. The molecule has 0 saturated heterocycles. The smallest absolute Gasteiger partial charge is 0.156 e. The summed E-state index contributed by atoms with van der Waals surface area (Å²) in [6.45, 7) is 2.64. The summed E-state index contributed by atoms with van der Waals surface area (Å²) < 4.78 is 1.78. The number of anilines is 1. The normalized spacial score (nSPS) is 13.0. The van der Waals surface area contributed by atoms with Crippen molar-refractivity contribution in [3.05, 3.63) is 23.2 Å². The van der Waals surface area contributed by atoms with Crippen LogP contribution in [0.1, 0.15) is 6.92 Å². The molecule has 1 aromatic heterocycles. The fourth-order valence-corrected chi connectivity index (χ4v) is 1.97. The van der Waals surface area contributed by atoms with E-state index in [2.05, 4.69) is 10.4 Å². The van der Waals surface area contributed by atoms with Gasteiger partial charge in [-0.05, 0) is 19.1 Å². The highest BCUT2D eigenvalue weighted by Gasteiger charge is 2.10. The van der Waals surface area contributed by atoms with E-state index < -0.39 is 0 Å². The minimum absolute atomic E-state index is 0.0937. The van der Waals surface area contributed by atoms with Crippen LogP contribution in [0.25, 0.3) is 10.9 Å². The van der Waals surface area contributed by atoms with E-state index in [0.717, 1.165) is 16.7 Å². The number of hydrogen-bond acceptors (Lipinski definition) is 3. The van der Waals surface area contributed by atoms with Gasteiger partial charge < -0.3 is 11.1 Å². The van der Waals surface area contributed by atoms with Gasteiger partial charge in [0.25, 0.3) is 0 Å². The summed E-state index contributed by atoms with van der Waals surface area (Å²) in [5, 5.41) is 9.34. The Morgan fingerprint density at radius 3 is 3.00 bits per heavy atom. The average Bonchev–Trinajstić information content (AvgIpc) is 2.54. The van der Waals surface area contributed by atoms with Gasteiger partial charge in [0.2, 0.25) is 0 Å². The molecule has 1 aromatic carbocycles. The highest BCUT2D eigenvalue weighted by molar-refractivity contribution is 6.35. The molecule has 3 N–H and O–H groups in total. The monoisotopic (exact) mass is 238 g/mol. The molecule has 0 aliphatic heterocycles. The second-order valence-corrected chi connectivity index (χ2v) is 4.37. The number of aryl methyl sites for hydroxylation is 1. The Morgan fingerprint density at radius 1 is 1.56 bits per heavy atom. The molecule has 1 unspecified atom stereocenters. The van der Waals surface area contributed by atoms with Crippen LogP contribution in [0.4, 0.5) is 5.82 Å². The van der Waals surface area contributed by atoms with Gasteiger partial charge in [0.1, 0.15) is 0 Å². The lowest BCUT2D eigenvalue weighted by Gasteiger charge is -2.06. The summed E-state index contributed by atoms with van der Waals surface area (Å²) in [5.41, 5.74) is 6.64. The molecular formula is C11H15ClN4. The highest BCUT2D eigenvalue weighted by Crippen LogP contribution is 2.28. The number of nitrogens with one attached hydrogen (secondary N) is 1. The molecule has 86 valence electrons. The van der Waals surface area contributed by atoms with Crippen molar-refractivity contribution in [3.8, 4) is 0 Å². The zero-order valence-corrected chi connectivity index (χ0v) is 10.1. The molecule has 1 atom stereocenters. The van der Waals surface area contributed by atoms with E-state index in [1.165, 1.54) is 0 Å². The molecule has 0 spiro atoms. The van der Waals surface area contributed by atoms with Crippen molar-refractivity contribution in [1.82, 2.24) is 9.78 Å². The van der Waals surface area contributed by atoms with E-state index in [1.54, 1.807) is 4.68 Å². The number of rotatable bonds is 3. The van der Waals surface area contributed by atoms with Gasteiger partial charge in [0.15, 0.2) is 5.82 Å². The first-order chi connectivity index (χ1) is 7.59. The maximum absolute atomic E-state index is 6.13. The van der Waals surface area contributed by atoms with Crippen LogP contribution in [-0.4, -0.2) is 22.4 Å². The molecule has 2 rings (SSSR count). The van der Waals surface area contributed by atoms with Crippen molar-refractivity contribution in [3.63, 3.8) is 0 Å². The number of nitrogens with two attached hydrogens (primary N) is 1. The molecule has 2 aromatic rings. The Balaban J connectivity index is 2.43. The van der Waals surface area contributed by atoms with Crippen LogP contribution in [0.3, 0.4) is 0 Å². The third-order valence-electron chi connectivity index (χ3n) is 2.41. The van der Waals surface area contributed by atoms with Gasteiger partial charge in [0, 0.05) is 25.0 Å². The van der Waals surface area contributed by atoms with Gasteiger partial charge >= 0.3 is 0 Å². The van der Waals surface area contributed by atoms with Gasteiger partial charge in [0.05, 0.1) is 10.5 Å². The highest BCUT2D eigenvalue weighted by atomic mass is 35.5. The van der Waals surface area contributed by atoms with Crippen molar-refractivity contribution >= 4 is 28.3 Å². The second-order valence-electron chi connectivity index (χ2n) is 3.97. The van der Waals surface area contributed by atoms with Gasteiger partial charge in [-0.25, -0.2) is 0 Å². The van der Waals surface area contributed by atoms with Crippen molar-refractivity contribution in [1.29, 1.82) is 0 Å². The number of fused-ring (bicyclic) bond motifs is 1. The Hall–Kier alpha value is -1.26. The maximum atomic E-state index is 6.13. The van der Waals surface area contributed by atoms with Crippen molar-refractivity contribution in [2.45, 2.75) is 13.0 Å². The van der Waals surface area contributed by atoms with E-state index in [0.29, 0.717) is 11.6 Å². The van der Waals surface area contributed by atoms with E-state index in [4.69, 9.17) is 17.3 Å². The van der Waals surface area contributed by atoms with Crippen molar-refractivity contribution < 1.29 is 0 Å². The summed E-state index contributed by atoms with van der Waals surface area (Å²) in [4.78, 5) is 0. The van der Waals surface area contributed by atoms with Crippen LogP contribution in [0.2, 0.25) is 5.02 Å². The van der Waals surface area contributed by atoms with E-state index in [9.17, 15) is 0 Å². The van der Waals surface area contributed by atoms with Crippen LogP contribution < -0.4 is 11.1 Å². The van der Waals surface area contributed by atoms with E-state index in [1.807, 2.05) is 32.2 Å². The first-order valence-corrected chi connectivity index (χ1v) is 5.58. The Morgan fingerprint density at radius 2 is 2.31 bits per heavy atom. The number of benzene rings is 1. The molecule has 0 bridgehead atoms. The minimum Gasteiger partial charge on any atom is -0.367 e. The van der Waals surface area contributed by atoms with Crippen LogP contribution >= 0.6 is 11.6 Å². The van der Waals surface area contributed by atoms with Gasteiger partial charge in [-0.2, -0.15) is 5.10 Å². The Bertz CT molecular complexity index is 504. The van der Waals surface area contributed by atoms with Crippen LogP contribution in [0.5, 0.6) is 0 Å². The SMILES string of the molecule is CC(N)CNc1nn(C)c2c(Cl)cccc12. The van der Waals surface area contributed by atoms with Gasteiger partial charge in [-0.1, -0.05) is 17.7 Å². The van der Waals surface area contributed by atoms with Crippen LogP contribution in [0.15, 0.2) is 18.2 Å². The summed E-state index contributed by atoms with van der Waals surface area (Å²) in [6, 6.07) is 5.87. The number of aromatic nitrogens is 2. The molecule has 0 aliphatic rings. The zero-order chi connectivity index (χ0) is 11.7. The average molecular weight is 239 g/mol. The summed E-state index contributed by atoms with van der Waals surface area (Å²) in [7, 11) is 1.88. The summed E-state index contributed by atoms with van der Waals surface area (Å²) >= 11 is 6.13. The third kappa shape index (κ3) is 1.99. The molecule has 16 heavy (non-hydrogen) atoms. The van der Waals surface area contributed by atoms with Gasteiger partial charge in [-0.15, -0.1) is 0 Å². The fourth-order valence-electron chi connectivity index (χ4n) is 1.68. The summed E-state index contributed by atoms with van der Waals surface area (Å²) in [5.74, 6) is 0.831. The minimum atomic E-state index is 0.0937. The first-order valence-electron chi connectivity index (χ1n) is 5.20. The quantitative estimate of drug-likeness (QED) is 0.860. The third-order valence-corrected chi connectivity index (χ3v) is 2.71. The number of halogens is 1. The van der Waals surface area contributed by atoms with Crippen molar-refractivity contribution in [2.24, 2.45) is 12.8 Å². The number of nitrogens with zero attached hydrogens (tertiary/aromatic N) is 2.